The summed E-state index contributed by atoms with van der Waals surface area (Å²) in [6, 6.07) is 0. The predicted molar refractivity (Wildman–Crippen MR) is 105 cm³/mol. The fraction of sp³-hybridized carbons (Fsp3) is 0.955. The largest absolute Gasteiger partial charge is 0.466 e. The van der Waals surface area contributed by atoms with Gasteiger partial charge in [0.05, 0.1) is 6.61 Å². The zero-order valence-electron chi connectivity index (χ0n) is 16.8. The van der Waals surface area contributed by atoms with Gasteiger partial charge in [-0.25, -0.2) is 0 Å². The minimum atomic E-state index is -0.211. The van der Waals surface area contributed by atoms with Gasteiger partial charge in [-0.2, -0.15) is 0 Å². The average Bonchev–Trinajstić information content (AvgIpc) is 2.67. The monoisotopic (exact) mass is 340 g/mol. The summed E-state index contributed by atoms with van der Waals surface area (Å²) in [5.74, 6) is -0.211. The van der Waals surface area contributed by atoms with Gasteiger partial charge >= 0.3 is 5.97 Å². The van der Waals surface area contributed by atoms with E-state index < -0.39 is 0 Å². The zero-order chi connectivity index (χ0) is 17.7. The Morgan fingerprint density at radius 2 is 0.708 bits per heavy atom. The van der Waals surface area contributed by atoms with Crippen molar-refractivity contribution in [3.63, 3.8) is 0 Å². The van der Waals surface area contributed by atoms with Crippen LogP contribution in [-0.4, -0.2) is 12.6 Å². The molecule has 0 amide bonds. The smallest absolute Gasteiger partial charge is 0.302 e. The molecule has 3 rings (SSSR count). The molecule has 0 aromatic rings. The normalized spacial score (nSPS) is 19.9. The first kappa shape index (κ1) is 23.5. The van der Waals surface area contributed by atoms with Gasteiger partial charge in [-0.1, -0.05) is 116 Å². The van der Waals surface area contributed by atoms with E-state index in [0.29, 0.717) is 6.61 Å². The molecule has 0 aliphatic heterocycles. The summed E-state index contributed by atoms with van der Waals surface area (Å²) in [5.41, 5.74) is 0. The van der Waals surface area contributed by atoms with Crippen LogP contribution >= 0.6 is 0 Å². The lowest BCUT2D eigenvalue weighted by atomic mass is 10.0. The van der Waals surface area contributed by atoms with E-state index >= 15 is 0 Å². The highest BCUT2D eigenvalue weighted by Crippen LogP contribution is 2.16. The summed E-state index contributed by atoms with van der Waals surface area (Å²) in [5, 5.41) is 0. The van der Waals surface area contributed by atoms with Gasteiger partial charge in [0.25, 0.3) is 0 Å². The fourth-order valence-corrected chi connectivity index (χ4v) is 3.39. The van der Waals surface area contributed by atoms with Crippen molar-refractivity contribution in [2.45, 2.75) is 129 Å². The molecule has 3 fully saturated rings. The molecule has 0 saturated heterocycles. The molecule has 24 heavy (non-hydrogen) atoms. The van der Waals surface area contributed by atoms with Gasteiger partial charge in [0.1, 0.15) is 0 Å². The lowest BCUT2D eigenvalue weighted by Crippen LogP contribution is -1.95. The van der Waals surface area contributed by atoms with Crippen molar-refractivity contribution in [2.75, 3.05) is 6.61 Å². The van der Waals surface area contributed by atoms with Crippen molar-refractivity contribution in [3.8, 4) is 0 Å². The lowest BCUT2D eigenvalue weighted by Gasteiger charge is -2.05. The van der Waals surface area contributed by atoms with E-state index in [9.17, 15) is 4.79 Å². The molecule has 3 aliphatic carbocycles. The maximum atomic E-state index is 9.82. The first-order valence-electron chi connectivity index (χ1n) is 10.9. The van der Waals surface area contributed by atoms with E-state index in [0.717, 1.165) is 0 Å². The van der Waals surface area contributed by atoms with Crippen molar-refractivity contribution < 1.29 is 9.53 Å². The Morgan fingerprint density at radius 1 is 0.542 bits per heavy atom. The third-order valence-corrected chi connectivity index (χ3v) is 4.85. The Morgan fingerprint density at radius 3 is 0.750 bits per heavy atom. The Hall–Kier alpha value is -0.530. The number of hydrogen-bond acceptors (Lipinski definition) is 2. The molecule has 0 spiro atoms. The van der Waals surface area contributed by atoms with Crippen LogP contribution in [0.15, 0.2) is 0 Å². The molecule has 2 nitrogen and oxygen atoms in total. The van der Waals surface area contributed by atoms with Crippen LogP contribution in [0.5, 0.6) is 0 Å². The summed E-state index contributed by atoms with van der Waals surface area (Å²) < 4.78 is 4.40. The summed E-state index contributed by atoms with van der Waals surface area (Å²) in [7, 11) is 0. The molecular weight excluding hydrogens is 296 g/mol. The SMILES string of the molecule is C1CCCCC1.C1CCCCC1.C1CCCCC1.CCOC(C)=O. The molecule has 0 unspecified atom stereocenters. The number of carbonyl (C=O) groups excluding carboxylic acids is 1. The summed E-state index contributed by atoms with van der Waals surface area (Å²) in [6.07, 6.45) is 27.0. The maximum absolute atomic E-state index is 9.82. The van der Waals surface area contributed by atoms with Crippen molar-refractivity contribution >= 4 is 5.97 Å². The van der Waals surface area contributed by atoms with Gasteiger partial charge < -0.3 is 4.74 Å². The van der Waals surface area contributed by atoms with Crippen LogP contribution in [0, 0.1) is 0 Å². The van der Waals surface area contributed by atoms with E-state index in [-0.39, 0.29) is 5.97 Å². The second kappa shape index (κ2) is 20.5. The van der Waals surface area contributed by atoms with Crippen molar-refractivity contribution in [2.24, 2.45) is 0 Å². The average molecular weight is 341 g/mol. The Labute approximate surface area is 152 Å². The van der Waals surface area contributed by atoms with Gasteiger partial charge in [0.15, 0.2) is 0 Å². The first-order valence-corrected chi connectivity index (χ1v) is 10.9. The quantitative estimate of drug-likeness (QED) is 0.459. The first-order chi connectivity index (χ1) is 11.8. The van der Waals surface area contributed by atoms with Crippen LogP contribution in [0.25, 0.3) is 0 Å². The molecular formula is C22H44O2. The van der Waals surface area contributed by atoms with E-state index in [1.807, 2.05) is 0 Å². The predicted octanol–water partition coefficient (Wildman–Crippen LogP) is 7.59. The molecule has 0 radical (unpaired) electrons. The molecule has 0 bridgehead atoms. The van der Waals surface area contributed by atoms with Gasteiger partial charge in [0, 0.05) is 6.92 Å². The van der Waals surface area contributed by atoms with Gasteiger partial charge in [-0.05, 0) is 6.92 Å². The molecule has 0 heterocycles. The van der Waals surface area contributed by atoms with Crippen LogP contribution in [0.1, 0.15) is 129 Å². The zero-order valence-corrected chi connectivity index (χ0v) is 16.8. The minimum Gasteiger partial charge on any atom is -0.466 e. The van der Waals surface area contributed by atoms with E-state index in [4.69, 9.17) is 0 Å². The van der Waals surface area contributed by atoms with E-state index in [2.05, 4.69) is 4.74 Å². The molecule has 2 heteroatoms. The van der Waals surface area contributed by atoms with Gasteiger partial charge in [-0.15, -0.1) is 0 Å². The Bertz CT molecular complexity index is 175. The third-order valence-electron chi connectivity index (χ3n) is 4.85. The minimum absolute atomic E-state index is 0.211. The number of carbonyl (C=O) groups is 1. The van der Waals surface area contributed by atoms with E-state index in [1.165, 1.54) is 122 Å². The van der Waals surface area contributed by atoms with Crippen molar-refractivity contribution in [1.29, 1.82) is 0 Å². The molecule has 3 aliphatic rings. The number of rotatable bonds is 1. The second-order valence-corrected chi connectivity index (χ2v) is 7.29. The van der Waals surface area contributed by atoms with E-state index in [1.54, 1.807) is 6.92 Å². The molecule has 0 atom stereocenters. The van der Waals surface area contributed by atoms with Crippen molar-refractivity contribution in [1.82, 2.24) is 0 Å². The Balaban J connectivity index is 0.000000294. The Kier molecular flexibility index (Phi) is 20.1. The number of ether oxygens (including phenoxy) is 1. The topological polar surface area (TPSA) is 26.3 Å². The molecule has 3 saturated carbocycles. The molecule has 0 aromatic carbocycles. The molecule has 0 N–H and O–H groups in total. The van der Waals surface area contributed by atoms with Crippen LogP contribution < -0.4 is 0 Å². The van der Waals surface area contributed by atoms with Crippen molar-refractivity contribution in [3.05, 3.63) is 0 Å². The number of hydrogen-bond donors (Lipinski definition) is 0. The maximum Gasteiger partial charge on any atom is 0.302 e. The standard InChI is InChI=1S/3C6H12.C4H8O2/c3*1-2-4-6-5-3-1;1-3-6-4(2)5/h3*1-6H2;3H2,1-2H3. The van der Waals surface area contributed by atoms with Crippen LogP contribution in [0.4, 0.5) is 0 Å². The van der Waals surface area contributed by atoms with Crippen LogP contribution in [0.2, 0.25) is 0 Å². The van der Waals surface area contributed by atoms with Crippen LogP contribution in [0.3, 0.4) is 0 Å². The fourth-order valence-electron chi connectivity index (χ4n) is 3.39. The second-order valence-electron chi connectivity index (χ2n) is 7.29. The molecule has 144 valence electrons. The number of esters is 1. The highest BCUT2D eigenvalue weighted by molar-refractivity contribution is 5.65. The summed E-state index contributed by atoms with van der Waals surface area (Å²) >= 11 is 0. The molecule has 0 aromatic heterocycles. The highest BCUT2D eigenvalue weighted by Gasteiger charge is 1.96. The highest BCUT2D eigenvalue weighted by atomic mass is 16.5. The van der Waals surface area contributed by atoms with Gasteiger partial charge in [0.2, 0.25) is 0 Å². The summed E-state index contributed by atoms with van der Waals surface area (Å²) in [6.45, 7) is 3.65. The lowest BCUT2D eigenvalue weighted by molar-refractivity contribution is -0.140. The van der Waals surface area contributed by atoms with Crippen LogP contribution in [-0.2, 0) is 9.53 Å². The third kappa shape index (κ3) is 21.5. The van der Waals surface area contributed by atoms with Gasteiger partial charge in [-0.3, -0.25) is 4.79 Å². The summed E-state index contributed by atoms with van der Waals surface area (Å²) in [4.78, 5) is 9.82.